The van der Waals surface area contributed by atoms with Crippen LogP contribution in [0.4, 0.5) is 0 Å². The number of allylic oxidation sites excluding steroid dienone is 2. The second kappa shape index (κ2) is 63.6. The van der Waals surface area contributed by atoms with Crippen LogP contribution in [0.3, 0.4) is 0 Å². The first-order valence-corrected chi connectivity index (χ1v) is 37.8. The van der Waals surface area contributed by atoms with Crippen molar-refractivity contribution in [1.82, 2.24) is 10.6 Å². The molecule has 0 bridgehead atoms. The molecule has 3 N–H and O–H groups in total. The van der Waals surface area contributed by atoms with E-state index in [2.05, 4.69) is 50.5 Å². The van der Waals surface area contributed by atoms with E-state index < -0.39 is 108 Å². The number of unbranched alkanes of at least 4 members (excludes halogenated alkanes) is 30. The van der Waals surface area contributed by atoms with E-state index in [0.717, 1.165) is 160 Å². The van der Waals surface area contributed by atoms with Crippen molar-refractivity contribution < 1.29 is 209 Å². The summed E-state index contributed by atoms with van der Waals surface area (Å²) in [7, 11) is -10.4. The Labute approximate surface area is 649 Å². The number of methoxy groups -OCH3 is 1. The molecule has 27 heteroatoms. The summed E-state index contributed by atoms with van der Waals surface area (Å²) in [4.78, 5) is 103. The van der Waals surface area contributed by atoms with E-state index in [1.165, 1.54) is 58.5 Å². The standard InChI is InChI=1S/C66H124N2O19P2.4Na/c1-6-10-14-18-21-24-25-26-27-28-29-31-33-37-41-45-57(71)67-60-64(82-48-46-53(50-69)43-39-35-17-13-9-4)62(86-88(74,75)76)56(51-80-5)85-65(60)83-52-55-61(73)63(81-47-42-38-34-23-20-16-12-8-3)59(66(84-55)87-89(77,78)79)68-58(72)49-54(70)44-40-36-32-30-22-19-15-11-7-2;;;;/h24-25,50,53,55-56,59-66,73H,6-23,26-49,51-52H2,1-5H3,(H,67,71)(H,68,72)(H2,74,75,76)(H2,77,78,79);;;;/q;4*+1/p-4/b25-24-;;;;. The quantitative estimate of drug-likeness (QED) is 0.0163. The third-order valence-electron chi connectivity index (χ3n) is 16.8. The van der Waals surface area contributed by atoms with Gasteiger partial charge in [-0.3, -0.25) is 14.4 Å². The molecule has 2 aliphatic rings. The Hall–Kier alpha value is 1.96. The van der Waals surface area contributed by atoms with Crippen molar-refractivity contribution in [2.45, 2.75) is 346 Å². The van der Waals surface area contributed by atoms with Gasteiger partial charge in [0, 0.05) is 39.1 Å². The van der Waals surface area contributed by atoms with Gasteiger partial charge in [0.25, 0.3) is 0 Å². The summed E-state index contributed by atoms with van der Waals surface area (Å²) >= 11 is 0. The van der Waals surface area contributed by atoms with Crippen LogP contribution in [0.15, 0.2) is 12.2 Å². The smallest absolute Gasteiger partial charge is 0.790 e. The zero-order chi connectivity index (χ0) is 65.4. The Morgan fingerprint density at radius 3 is 1.42 bits per heavy atom. The Morgan fingerprint density at radius 2 is 0.914 bits per heavy atom. The average Bonchev–Trinajstić information content (AvgIpc) is 0.830. The number of carbonyl (C=O) groups excluding carboxylic acids is 4. The van der Waals surface area contributed by atoms with Crippen LogP contribution >= 0.6 is 15.6 Å². The number of carbonyl (C=O) groups is 4. The van der Waals surface area contributed by atoms with Crippen LogP contribution in [0.2, 0.25) is 0 Å². The summed E-state index contributed by atoms with van der Waals surface area (Å²) < 4.78 is 71.8. The van der Waals surface area contributed by atoms with Crippen molar-refractivity contribution >= 4 is 39.5 Å². The topological polar surface area (TPSA) is 313 Å². The molecule has 11 unspecified atom stereocenters. The van der Waals surface area contributed by atoms with E-state index >= 15 is 0 Å². The molecule has 11 atom stereocenters. The molecule has 21 nitrogen and oxygen atoms in total. The van der Waals surface area contributed by atoms with Crippen molar-refractivity contribution in [3.63, 3.8) is 0 Å². The summed E-state index contributed by atoms with van der Waals surface area (Å²) in [5, 5.41) is 17.7. The summed E-state index contributed by atoms with van der Waals surface area (Å²) in [6, 6.07) is -3.07. The number of Topliss-reactive ketones (excluding diaryl/α,β-unsaturated/α-hetero) is 1. The summed E-state index contributed by atoms with van der Waals surface area (Å²) in [5.74, 6) is -2.13. The fourth-order valence-corrected chi connectivity index (χ4v) is 12.6. The molecule has 2 rings (SSSR count). The van der Waals surface area contributed by atoms with E-state index in [0.29, 0.717) is 25.7 Å². The Balaban J connectivity index is -0.0000202. The molecule has 2 saturated heterocycles. The van der Waals surface area contributed by atoms with E-state index in [1.54, 1.807) is 0 Å². The van der Waals surface area contributed by atoms with Gasteiger partial charge in [0.1, 0.15) is 60.8 Å². The SMILES string of the molecule is CCCCCC/C=C\CCCCCCCCCC(=O)NC1C(OCC2OC(OP(=O)([O-])[O-])C(NC(=O)CC(=O)CCCCCCCCCCC)C(OCCCCCCCCCC)C2O)OC(COC)C(OP(=O)([O-])[O-])C1OCCC(C=O)CCCCCCC.[Na+].[Na+].[Na+].[Na+]. The van der Waals surface area contributed by atoms with E-state index in [4.69, 9.17) is 37.5 Å². The minimum absolute atomic E-state index is 0. The predicted octanol–water partition coefficient (Wildman–Crippen LogP) is -1.10. The van der Waals surface area contributed by atoms with Crippen molar-refractivity contribution in [3.05, 3.63) is 12.2 Å². The van der Waals surface area contributed by atoms with Gasteiger partial charge in [-0.25, -0.2) is 0 Å². The molecule has 0 aromatic heterocycles. The van der Waals surface area contributed by atoms with Gasteiger partial charge in [-0.15, -0.1) is 0 Å². The normalized spacial score (nSPS) is 21.8. The van der Waals surface area contributed by atoms with Crippen molar-refractivity contribution in [2.24, 2.45) is 5.92 Å². The number of rotatable bonds is 59. The molecule has 0 aliphatic carbocycles. The van der Waals surface area contributed by atoms with Crippen LogP contribution in [0.5, 0.6) is 0 Å². The van der Waals surface area contributed by atoms with Crippen molar-refractivity contribution in [2.75, 3.05) is 33.5 Å². The summed E-state index contributed by atoms with van der Waals surface area (Å²) in [6.45, 7) is 7.42. The maximum atomic E-state index is 14.1. The maximum absolute atomic E-state index is 14.1. The molecule has 2 heterocycles. The zero-order valence-electron chi connectivity index (χ0n) is 59.4. The number of aliphatic hydroxyl groups is 1. The molecule has 0 aromatic rings. The second-order valence-electron chi connectivity index (χ2n) is 24.8. The van der Waals surface area contributed by atoms with Crippen LogP contribution in [-0.4, -0.2) is 124 Å². The third-order valence-corrected chi connectivity index (χ3v) is 17.7. The summed E-state index contributed by atoms with van der Waals surface area (Å²) in [6.07, 6.45) is 27.9. The van der Waals surface area contributed by atoms with E-state index in [9.17, 15) is 53.0 Å². The van der Waals surface area contributed by atoms with Crippen molar-refractivity contribution in [3.8, 4) is 0 Å². The number of aliphatic hydroxyl groups excluding tert-OH is 1. The van der Waals surface area contributed by atoms with Crippen LogP contribution in [0.1, 0.15) is 285 Å². The largest absolute Gasteiger partial charge is 1.00 e. The molecular formula is C66H120N2Na4O19P2. The summed E-state index contributed by atoms with van der Waals surface area (Å²) in [5.41, 5.74) is 0. The second-order valence-corrected chi connectivity index (χ2v) is 27.0. The molecule has 0 radical (unpaired) electrons. The van der Waals surface area contributed by atoms with Crippen molar-refractivity contribution in [1.29, 1.82) is 0 Å². The molecule has 0 spiro atoms. The molecule has 0 saturated carbocycles. The number of amides is 2. The van der Waals surface area contributed by atoms with Gasteiger partial charge in [0.2, 0.25) is 11.8 Å². The zero-order valence-corrected chi connectivity index (χ0v) is 69.2. The van der Waals surface area contributed by atoms with Gasteiger partial charge in [-0.05, 0) is 57.8 Å². The van der Waals surface area contributed by atoms with Gasteiger partial charge < -0.3 is 86.7 Å². The number of ether oxygens (including phenoxy) is 6. The molecule has 2 fully saturated rings. The number of ketones is 1. The van der Waals surface area contributed by atoms with Crippen LogP contribution < -0.4 is 148 Å². The maximum Gasteiger partial charge on any atom is 1.00 e. The third kappa shape index (κ3) is 50.1. The first-order chi connectivity index (χ1) is 42.9. The first kappa shape index (κ1) is 99.1. The molecule has 0 aromatic carbocycles. The molecule has 522 valence electrons. The van der Waals surface area contributed by atoms with Crippen LogP contribution in [0, 0.1) is 5.92 Å². The average molecular weight is 1400 g/mol. The Bertz CT molecular complexity index is 1950. The fraction of sp³-hybridized carbons (Fsp3) is 0.909. The van der Waals surface area contributed by atoms with Gasteiger partial charge in [0.15, 0.2) is 12.6 Å². The number of aldehydes is 1. The fourth-order valence-electron chi connectivity index (χ4n) is 11.6. The van der Waals surface area contributed by atoms with Crippen LogP contribution in [-0.2, 0) is 65.8 Å². The van der Waals surface area contributed by atoms with Gasteiger partial charge in [-0.1, -0.05) is 220 Å². The number of nitrogens with one attached hydrogen (secondary N) is 2. The first-order valence-electron chi connectivity index (χ1n) is 34.9. The minimum atomic E-state index is -5.92. The van der Waals surface area contributed by atoms with E-state index in [-0.39, 0.29) is 163 Å². The molecule has 2 amide bonds. The number of phosphoric acid groups is 2. The van der Waals surface area contributed by atoms with Crippen LogP contribution in [0.25, 0.3) is 0 Å². The van der Waals surface area contributed by atoms with Gasteiger partial charge >= 0.3 is 118 Å². The monoisotopic (exact) mass is 1400 g/mol. The van der Waals surface area contributed by atoms with Gasteiger partial charge in [-0.2, -0.15) is 0 Å². The number of hydrogen-bond acceptors (Lipinski definition) is 19. The van der Waals surface area contributed by atoms with E-state index in [1.807, 2.05) is 0 Å². The number of phosphoric ester groups is 2. The minimum Gasteiger partial charge on any atom is -0.790 e. The molecule has 2 aliphatic heterocycles. The molecule has 93 heavy (non-hydrogen) atoms. The molecular weight excluding hydrogens is 1280 g/mol. The Kier molecular flexibility index (Phi) is 67.8. The van der Waals surface area contributed by atoms with Gasteiger partial charge in [0.05, 0.1) is 35.3 Å². The predicted molar refractivity (Wildman–Crippen MR) is 337 cm³/mol. The Morgan fingerprint density at radius 1 is 0.484 bits per heavy atom. The number of hydrogen-bond donors (Lipinski definition) is 3.